The minimum atomic E-state index is -6.25. The van der Waals surface area contributed by atoms with Crippen molar-refractivity contribution in [3.05, 3.63) is 66.5 Å². The van der Waals surface area contributed by atoms with Crippen LogP contribution in [0.1, 0.15) is 10.6 Å². The summed E-state index contributed by atoms with van der Waals surface area (Å²) < 4.78 is 80.4. The van der Waals surface area contributed by atoms with E-state index in [1.54, 1.807) is 0 Å². The number of carbonyl (C=O) groups is 1. The van der Waals surface area contributed by atoms with E-state index in [1.165, 1.54) is 0 Å². The lowest BCUT2D eigenvalue weighted by molar-refractivity contribution is -0.847. The van der Waals surface area contributed by atoms with E-state index < -0.39 is 93.8 Å². The Balaban J connectivity index is 4.13. The van der Waals surface area contributed by atoms with Crippen LogP contribution in [-0.2, 0) is 5.92 Å². The number of carbonyl (C=O) groups excluding carboxylic acids is 1. The van der Waals surface area contributed by atoms with Gasteiger partial charge in [0.15, 0.2) is 0 Å². The largest absolute Gasteiger partial charge is 0.678 e. The Morgan fingerprint density at radius 2 is 1.05 bits per heavy atom. The topological polar surface area (TPSA) is 310 Å². The van der Waals surface area contributed by atoms with Gasteiger partial charge in [-0.1, -0.05) is 13.2 Å². The van der Waals surface area contributed by atoms with E-state index in [9.17, 15) is 91.8 Å². The zero-order chi connectivity index (χ0) is 30.2. The third-order valence-electron chi connectivity index (χ3n) is 3.99. The smallest absolute Gasteiger partial charge is 0.305 e. The van der Waals surface area contributed by atoms with Crippen LogP contribution in [0.3, 0.4) is 0 Å². The minimum Gasteiger partial charge on any atom is -0.305 e. The van der Waals surface area contributed by atoms with Gasteiger partial charge in [0.05, 0.1) is 0 Å². The minimum absolute atomic E-state index is 1.07. The molecule has 1 aromatic heterocycles. The Morgan fingerprint density at radius 3 is 1.32 bits per heavy atom. The first-order valence-electron chi connectivity index (χ1n) is 8.25. The van der Waals surface area contributed by atoms with E-state index in [0.29, 0.717) is 0 Å². The number of hydrogen-bond acceptors (Lipinski definition) is 16. The van der Waals surface area contributed by atoms with E-state index in [-0.39, 0.29) is 0 Å². The molecule has 0 spiro atoms. The third-order valence-corrected chi connectivity index (χ3v) is 3.99. The van der Waals surface area contributed by atoms with Gasteiger partial charge in [-0.15, -0.1) is 5.10 Å². The Bertz CT molecular complexity index is 1150. The van der Waals surface area contributed by atoms with E-state index in [4.69, 9.17) is 0 Å². The average molecular weight is 574 g/mol. The quantitative estimate of drug-likeness (QED) is 0.0976. The number of nitro groups is 6. The van der Waals surface area contributed by atoms with Gasteiger partial charge in [-0.25, -0.2) is 0 Å². The summed E-state index contributed by atoms with van der Waals surface area (Å²) in [7, 11) is 0. The lowest BCUT2D eigenvalue weighted by Crippen LogP contribution is -2.57. The molecular weight excluding hydrogens is 570 g/mol. The van der Waals surface area contributed by atoms with Crippen molar-refractivity contribution in [3.63, 3.8) is 0 Å². The molecule has 0 radical (unpaired) electrons. The fraction of sp³-hybridized carbons (Fsp3) is 0.667. The second-order valence-electron chi connectivity index (χ2n) is 6.37. The summed E-state index contributed by atoms with van der Waals surface area (Å²) in [5.41, 5.74) is 0. The van der Waals surface area contributed by atoms with Gasteiger partial charge in [0.2, 0.25) is 19.0 Å². The zero-order valence-electron chi connectivity index (χ0n) is 17.0. The molecule has 0 saturated carbocycles. The molecule has 1 heterocycles. The second kappa shape index (κ2) is 9.57. The summed E-state index contributed by atoms with van der Waals surface area (Å²) in [5, 5.41) is 67.4. The number of anilines is 1. The van der Waals surface area contributed by atoms with Crippen LogP contribution in [0.2, 0.25) is 0 Å². The molecule has 0 aliphatic heterocycles. The highest BCUT2D eigenvalue weighted by Crippen LogP contribution is 2.32. The molecule has 0 amide bonds. The highest BCUT2D eigenvalue weighted by atomic mass is 19.4. The van der Waals surface area contributed by atoms with E-state index in [2.05, 4.69) is 10.1 Å². The molecule has 23 nitrogen and oxygen atoms in total. The van der Waals surface area contributed by atoms with Crippen molar-refractivity contribution in [1.82, 2.24) is 14.8 Å². The molecule has 0 aliphatic rings. The maximum Gasteiger partial charge on any atom is 0.678 e. The van der Waals surface area contributed by atoms with Gasteiger partial charge in [-0.05, 0) is 0 Å². The van der Waals surface area contributed by atoms with Gasteiger partial charge in [0.1, 0.15) is 29.5 Å². The number of alkyl halides is 6. The molecule has 0 atom stereocenters. The third kappa shape index (κ3) is 5.08. The zero-order valence-corrected chi connectivity index (χ0v) is 17.0. The van der Waals surface area contributed by atoms with Crippen molar-refractivity contribution < 1.29 is 60.7 Å². The van der Waals surface area contributed by atoms with Gasteiger partial charge in [0.25, 0.3) is 0 Å². The van der Waals surface area contributed by atoms with Crippen molar-refractivity contribution in [2.45, 2.75) is 23.9 Å². The fourth-order valence-corrected chi connectivity index (χ4v) is 2.18. The molecule has 38 heavy (non-hydrogen) atoms. The first kappa shape index (κ1) is 30.6. The van der Waals surface area contributed by atoms with Crippen LogP contribution in [0.15, 0.2) is 0 Å². The summed E-state index contributed by atoms with van der Waals surface area (Å²) in [6, 6.07) is 0. The Kier molecular flexibility index (Phi) is 7.71. The Hall–Kier alpha value is -5.41. The highest BCUT2D eigenvalue weighted by molar-refractivity contribution is 5.84. The summed E-state index contributed by atoms with van der Waals surface area (Å²) >= 11 is 0. The maximum atomic E-state index is 14.6. The van der Waals surface area contributed by atoms with Gasteiger partial charge < -0.3 is 4.90 Å². The average Bonchev–Trinajstić information content (AvgIpc) is 3.21. The van der Waals surface area contributed by atoms with Crippen molar-refractivity contribution in [3.8, 4) is 0 Å². The second-order valence-corrected chi connectivity index (χ2v) is 6.37. The lowest BCUT2D eigenvalue weighted by atomic mass is 10.3. The van der Waals surface area contributed by atoms with E-state index in [1.807, 2.05) is 0 Å². The number of hydrogen-bond donors (Lipinski definition) is 0. The summed E-state index contributed by atoms with van der Waals surface area (Å²) in [5.74, 6) is -24.8. The molecule has 29 heteroatoms. The van der Waals surface area contributed by atoms with E-state index >= 15 is 0 Å². The lowest BCUT2D eigenvalue weighted by Gasteiger charge is -2.21. The van der Waals surface area contributed by atoms with E-state index in [0.717, 1.165) is 0 Å². The molecule has 0 aliphatic carbocycles. The molecule has 0 unspecified atom stereocenters. The molecule has 0 N–H and O–H groups in total. The number of rotatable bonds is 12. The molecule has 0 fully saturated rings. The fourth-order valence-electron chi connectivity index (χ4n) is 2.18. The number of nitrogens with zero attached hydrogens (tertiary/aromatic N) is 10. The summed E-state index contributed by atoms with van der Waals surface area (Å²) in [6.07, 6.45) is -6.25. The first-order valence-corrected chi connectivity index (χ1v) is 8.25. The van der Waals surface area contributed by atoms with Crippen LogP contribution in [0.5, 0.6) is 0 Å². The molecule has 1 aromatic rings. The highest BCUT2D eigenvalue weighted by Gasteiger charge is 2.69. The van der Waals surface area contributed by atoms with Crippen LogP contribution >= 0.6 is 0 Å². The van der Waals surface area contributed by atoms with Crippen LogP contribution in [0.25, 0.3) is 0 Å². The standard InChI is InChI=1S/C9H4F6N10O13/c10-6(20(27)28,21(29)30)1-18(2-7(11,22(31)32)23(33)34)5-16-3(9(15,24(35)36)25(37)38)19(17-5)4(26)8(12,13)14/h1-2H2. The first-order chi connectivity index (χ1) is 17.0. The van der Waals surface area contributed by atoms with Crippen molar-refractivity contribution >= 4 is 11.9 Å². The Morgan fingerprint density at radius 1 is 0.711 bits per heavy atom. The van der Waals surface area contributed by atoms with Gasteiger partial charge in [0, 0.05) is 0 Å². The molecule has 0 bridgehead atoms. The predicted molar refractivity (Wildman–Crippen MR) is 91.3 cm³/mol. The van der Waals surface area contributed by atoms with Gasteiger partial charge >= 0.3 is 35.7 Å². The van der Waals surface area contributed by atoms with Crippen LogP contribution in [-0.4, -0.2) is 81.3 Å². The monoisotopic (exact) mass is 574 g/mol. The molecule has 0 aromatic carbocycles. The number of aromatic nitrogens is 3. The summed E-state index contributed by atoms with van der Waals surface area (Å²) in [4.78, 5) is 62.8. The van der Waals surface area contributed by atoms with Crippen LogP contribution < -0.4 is 4.90 Å². The van der Waals surface area contributed by atoms with Gasteiger partial charge in [-0.3, -0.25) is 65.5 Å². The van der Waals surface area contributed by atoms with Crippen molar-refractivity contribution in [1.29, 1.82) is 0 Å². The predicted octanol–water partition coefficient (Wildman–Crippen LogP) is -0.726. The van der Waals surface area contributed by atoms with Gasteiger partial charge in [-0.2, -0.15) is 22.8 Å². The SMILES string of the molecule is O=C(n1nc(N(CC(F)([N+](=O)[O-])[N+](=O)[O-])CC(F)([N+](=O)[O-])[N+](=O)[O-])nc1C(F)([N+](=O)[O-])[N+](=O)[O-])C(F)(F)F. The normalized spacial score (nSPS) is 12.5. The van der Waals surface area contributed by atoms with Crippen LogP contribution in [0.4, 0.5) is 32.3 Å². The van der Waals surface area contributed by atoms with Crippen molar-refractivity contribution in [2.24, 2.45) is 0 Å². The number of halogens is 6. The molecule has 1 rings (SSSR count). The Labute approximate surface area is 197 Å². The maximum absolute atomic E-state index is 14.6. The molecule has 210 valence electrons. The molecular formula is C9H4F6N10O13. The van der Waals surface area contributed by atoms with Crippen molar-refractivity contribution in [2.75, 3.05) is 18.0 Å². The molecule has 0 saturated heterocycles. The summed E-state index contributed by atoms with van der Waals surface area (Å²) in [6.45, 7) is -5.61. The van der Waals surface area contributed by atoms with Crippen LogP contribution in [0, 0.1) is 60.7 Å².